The molecule has 0 aliphatic heterocycles. The van der Waals surface area contributed by atoms with Crippen molar-refractivity contribution in [3.8, 4) is 5.75 Å². The number of halogens is 2. The van der Waals surface area contributed by atoms with E-state index >= 15 is 0 Å². The molecule has 0 unspecified atom stereocenters. The molecule has 2 rings (SSSR count). The van der Waals surface area contributed by atoms with Crippen LogP contribution in [-0.2, 0) is 12.3 Å². The zero-order valence-electron chi connectivity index (χ0n) is 9.77. The third-order valence-corrected chi connectivity index (χ3v) is 2.87. The average Bonchev–Trinajstić information content (AvgIpc) is 2.41. The molecule has 1 heterocycles. The van der Waals surface area contributed by atoms with Crippen molar-refractivity contribution in [2.24, 2.45) is 0 Å². The lowest BCUT2D eigenvalue weighted by Crippen LogP contribution is -2.04. The van der Waals surface area contributed by atoms with Gasteiger partial charge in [0.1, 0.15) is 0 Å². The highest BCUT2D eigenvalue weighted by Gasteiger charge is 2.08. The van der Waals surface area contributed by atoms with Gasteiger partial charge in [-0.25, -0.2) is 4.39 Å². The summed E-state index contributed by atoms with van der Waals surface area (Å²) in [6.45, 7) is 0.412. The molecule has 2 nitrogen and oxygen atoms in total. The third kappa shape index (κ3) is 3.20. The van der Waals surface area contributed by atoms with Gasteiger partial charge in [0, 0.05) is 24.4 Å². The normalized spacial score (nSPS) is 10.3. The summed E-state index contributed by atoms with van der Waals surface area (Å²) in [6.07, 6.45) is 4.16. The molecular formula is C14H13ClFNO. The highest BCUT2D eigenvalue weighted by molar-refractivity contribution is 6.17. The van der Waals surface area contributed by atoms with E-state index in [0.29, 0.717) is 18.6 Å². The van der Waals surface area contributed by atoms with Crippen molar-refractivity contribution in [2.75, 3.05) is 6.61 Å². The van der Waals surface area contributed by atoms with Crippen molar-refractivity contribution in [3.05, 3.63) is 59.7 Å². The number of para-hydroxylation sites is 1. The molecule has 94 valence electrons. The van der Waals surface area contributed by atoms with Crippen molar-refractivity contribution in [1.82, 2.24) is 4.98 Å². The van der Waals surface area contributed by atoms with Crippen LogP contribution < -0.4 is 4.74 Å². The van der Waals surface area contributed by atoms with Gasteiger partial charge in [-0.15, -0.1) is 11.6 Å². The molecular weight excluding hydrogens is 253 g/mol. The van der Waals surface area contributed by atoms with Crippen molar-refractivity contribution in [2.45, 2.75) is 12.3 Å². The zero-order chi connectivity index (χ0) is 12.8. The molecule has 18 heavy (non-hydrogen) atoms. The van der Waals surface area contributed by atoms with Crippen LogP contribution in [-0.4, -0.2) is 11.6 Å². The zero-order valence-corrected chi connectivity index (χ0v) is 10.5. The quantitative estimate of drug-likeness (QED) is 0.771. The minimum absolute atomic E-state index is 0.238. The van der Waals surface area contributed by atoms with E-state index in [1.165, 1.54) is 6.07 Å². The van der Waals surface area contributed by atoms with Crippen LogP contribution in [0.3, 0.4) is 0 Å². The smallest absolute Gasteiger partial charge is 0.165 e. The second kappa shape index (κ2) is 6.36. The van der Waals surface area contributed by atoms with Gasteiger partial charge in [-0.05, 0) is 23.8 Å². The number of nitrogens with zero attached hydrogens (tertiary/aromatic N) is 1. The molecule has 0 aliphatic carbocycles. The predicted molar refractivity (Wildman–Crippen MR) is 69.4 cm³/mol. The Kier molecular flexibility index (Phi) is 4.53. The molecule has 1 aromatic carbocycles. The average molecular weight is 266 g/mol. The summed E-state index contributed by atoms with van der Waals surface area (Å²) in [5.41, 5.74) is 1.78. The fourth-order valence-corrected chi connectivity index (χ4v) is 1.85. The molecule has 4 heteroatoms. The fourth-order valence-electron chi connectivity index (χ4n) is 1.64. The first kappa shape index (κ1) is 12.8. The molecule has 0 amide bonds. The summed E-state index contributed by atoms with van der Waals surface area (Å²) in [6, 6.07) is 8.58. The van der Waals surface area contributed by atoms with Crippen molar-refractivity contribution in [1.29, 1.82) is 0 Å². The summed E-state index contributed by atoms with van der Waals surface area (Å²) in [5, 5.41) is 0. The first-order valence-electron chi connectivity index (χ1n) is 5.66. The van der Waals surface area contributed by atoms with E-state index in [4.69, 9.17) is 16.3 Å². The van der Waals surface area contributed by atoms with Gasteiger partial charge in [0.15, 0.2) is 11.6 Å². The van der Waals surface area contributed by atoms with Gasteiger partial charge < -0.3 is 4.74 Å². The summed E-state index contributed by atoms with van der Waals surface area (Å²) in [7, 11) is 0. The van der Waals surface area contributed by atoms with Crippen LogP contribution in [0.2, 0.25) is 0 Å². The molecule has 0 atom stereocenters. The number of ether oxygens (including phenoxy) is 1. The second-order valence-electron chi connectivity index (χ2n) is 3.82. The van der Waals surface area contributed by atoms with Crippen LogP contribution in [0.25, 0.3) is 0 Å². The van der Waals surface area contributed by atoms with Crippen LogP contribution in [0, 0.1) is 5.82 Å². The van der Waals surface area contributed by atoms with Crippen molar-refractivity contribution < 1.29 is 9.13 Å². The minimum atomic E-state index is -0.372. The van der Waals surface area contributed by atoms with E-state index in [2.05, 4.69) is 4.98 Å². The Morgan fingerprint density at radius 2 is 1.94 bits per heavy atom. The molecule has 0 bridgehead atoms. The number of hydrogen-bond acceptors (Lipinski definition) is 2. The Labute approximate surface area is 110 Å². The maximum atomic E-state index is 13.6. The van der Waals surface area contributed by atoms with Gasteiger partial charge in [-0.2, -0.15) is 0 Å². The van der Waals surface area contributed by atoms with Crippen molar-refractivity contribution >= 4 is 11.6 Å². The molecule has 0 saturated heterocycles. The Balaban J connectivity index is 1.98. The Bertz CT molecular complexity index is 504. The molecule has 0 N–H and O–H groups in total. The van der Waals surface area contributed by atoms with Crippen LogP contribution in [0.1, 0.15) is 11.1 Å². The summed E-state index contributed by atoms with van der Waals surface area (Å²) in [5.74, 6) is 0.118. The molecule has 0 radical (unpaired) electrons. The number of rotatable bonds is 5. The fraction of sp³-hybridized carbons (Fsp3) is 0.214. The third-order valence-electron chi connectivity index (χ3n) is 2.58. The second-order valence-corrected chi connectivity index (χ2v) is 4.08. The number of hydrogen-bond donors (Lipinski definition) is 0. The van der Waals surface area contributed by atoms with Crippen LogP contribution in [0.5, 0.6) is 5.75 Å². The van der Waals surface area contributed by atoms with E-state index < -0.39 is 0 Å². The molecule has 0 aliphatic rings. The Morgan fingerprint density at radius 1 is 1.17 bits per heavy atom. The molecule has 0 saturated carbocycles. The van der Waals surface area contributed by atoms with Gasteiger partial charge in [-0.3, -0.25) is 4.98 Å². The minimum Gasteiger partial charge on any atom is -0.490 e. The number of aromatic nitrogens is 1. The first-order chi connectivity index (χ1) is 8.81. The molecule has 2 aromatic rings. The summed E-state index contributed by atoms with van der Waals surface area (Å²) >= 11 is 5.75. The topological polar surface area (TPSA) is 22.1 Å². The molecule has 0 fully saturated rings. The van der Waals surface area contributed by atoms with E-state index in [0.717, 1.165) is 5.56 Å². The maximum absolute atomic E-state index is 13.6. The van der Waals surface area contributed by atoms with Gasteiger partial charge in [0.05, 0.1) is 12.5 Å². The highest BCUT2D eigenvalue weighted by Crippen LogP contribution is 2.24. The Morgan fingerprint density at radius 3 is 2.67 bits per heavy atom. The van der Waals surface area contributed by atoms with Crippen molar-refractivity contribution in [3.63, 3.8) is 0 Å². The van der Waals surface area contributed by atoms with Gasteiger partial charge in [0.25, 0.3) is 0 Å². The molecule has 0 spiro atoms. The SMILES string of the molecule is Fc1cccc(CCl)c1OCCc1ccncc1. The maximum Gasteiger partial charge on any atom is 0.165 e. The van der Waals surface area contributed by atoms with E-state index in [1.54, 1.807) is 24.5 Å². The Hall–Kier alpha value is -1.61. The first-order valence-corrected chi connectivity index (χ1v) is 6.20. The van der Waals surface area contributed by atoms with Crippen LogP contribution >= 0.6 is 11.6 Å². The predicted octanol–water partition coefficient (Wildman–Crippen LogP) is 3.58. The summed E-state index contributed by atoms with van der Waals surface area (Å²) < 4.78 is 19.1. The lowest BCUT2D eigenvalue weighted by atomic mass is 10.2. The van der Waals surface area contributed by atoms with Gasteiger partial charge in [-0.1, -0.05) is 12.1 Å². The molecule has 1 aromatic heterocycles. The lowest BCUT2D eigenvalue weighted by Gasteiger charge is -2.10. The number of benzene rings is 1. The lowest BCUT2D eigenvalue weighted by molar-refractivity contribution is 0.302. The van der Waals surface area contributed by atoms with E-state index in [9.17, 15) is 4.39 Å². The van der Waals surface area contributed by atoms with E-state index in [1.807, 2.05) is 12.1 Å². The largest absolute Gasteiger partial charge is 0.490 e. The van der Waals surface area contributed by atoms with Crippen LogP contribution in [0.4, 0.5) is 4.39 Å². The summed E-state index contributed by atoms with van der Waals surface area (Å²) in [4.78, 5) is 3.93. The highest BCUT2D eigenvalue weighted by atomic mass is 35.5. The van der Waals surface area contributed by atoms with E-state index in [-0.39, 0.29) is 17.4 Å². The van der Waals surface area contributed by atoms with Crippen LogP contribution in [0.15, 0.2) is 42.7 Å². The standard InChI is InChI=1S/C14H13ClFNO/c15-10-12-2-1-3-13(16)14(12)18-9-6-11-4-7-17-8-5-11/h1-5,7-8H,6,9-10H2. The number of pyridine rings is 1. The van der Waals surface area contributed by atoms with Gasteiger partial charge in [0.2, 0.25) is 0 Å². The van der Waals surface area contributed by atoms with Gasteiger partial charge >= 0.3 is 0 Å². The monoisotopic (exact) mass is 265 g/mol. The number of alkyl halides is 1.